The molecule has 0 bridgehead atoms. The molecule has 0 saturated carbocycles. The summed E-state index contributed by atoms with van der Waals surface area (Å²) < 4.78 is 7.17. The first-order valence-electron chi connectivity index (χ1n) is 11.1. The van der Waals surface area contributed by atoms with Crippen LogP contribution in [0.3, 0.4) is 0 Å². The number of fused-ring (bicyclic) bond motifs is 1. The fourth-order valence-corrected chi connectivity index (χ4v) is 4.11. The van der Waals surface area contributed by atoms with E-state index in [1.165, 1.54) is 4.90 Å². The number of aromatic nitrogens is 8. The van der Waals surface area contributed by atoms with Crippen molar-refractivity contribution in [3.8, 4) is 16.9 Å². The van der Waals surface area contributed by atoms with Gasteiger partial charge in [-0.15, -0.1) is 5.10 Å². The number of amides is 1. The Morgan fingerprint density at radius 2 is 2.03 bits per heavy atom. The van der Waals surface area contributed by atoms with Crippen molar-refractivity contribution < 1.29 is 14.6 Å². The van der Waals surface area contributed by atoms with Crippen molar-refractivity contribution in [2.24, 2.45) is 0 Å². The summed E-state index contributed by atoms with van der Waals surface area (Å²) in [7, 11) is 0. The maximum atomic E-state index is 13.3. The van der Waals surface area contributed by atoms with Crippen molar-refractivity contribution >= 4 is 22.6 Å². The first-order valence-corrected chi connectivity index (χ1v) is 11.1. The Labute approximate surface area is 202 Å². The summed E-state index contributed by atoms with van der Waals surface area (Å²) in [6, 6.07) is 10.3. The number of nitrogens with zero attached hydrogens (tertiary/aromatic N) is 7. The molecule has 2 atom stereocenters. The predicted molar refractivity (Wildman–Crippen MR) is 126 cm³/mol. The van der Waals surface area contributed by atoms with Gasteiger partial charge in [-0.25, -0.2) is 9.67 Å². The summed E-state index contributed by atoms with van der Waals surface area (Å²) in [5.74, 6) is -0.164. The van der Waals surface area contributed by atoms with Gasteiger partial charge in [-0.1, -0.05) is 6.07 Å². The highest BCUT2D eigenvalue weighted by Crippen LogP contribution is 2.26. The average molecular weight is 485 g/mol. The van der Waals surface area contributed by atoms with Gasteiger partial charge in [0.05, 0.1) is 47.8 Å². The van der Waals surface area contributed by atoms with Gasteiger partial charge < -0.3 is 14.8 Å². The molecule has 3 N–H and O–H groups in total. The van der Waals surface area contributed by atoms with E-state index in [4.69, 9.17) is 4.74 Å². The number of hydrogen-bond donors (Lipinski definition) is 3. The Bertz CT molecular complexity index is 1600. The molecule has 0 radical (unpaired) electrons. The summed E-state index contributed by atoms with van der Waals surface area (Å²) in [5, 5.41) is 30.1. The van der Waals surface area contributed by atoms with E-state index in [1.807, 2.05) is 0 Å². The molecule has 1 amide bonds. The van der Waals surface area contributed by atoms with Crippen molar-refractivity contribution in [1.29, 1.82) is 0 Å². The number of aromatic amines is 2. The minimum Gasteiger partial charge on any atom is -0.382 e. The predicted octanol–water partition coefficient (Wildman–Crippen LogP) is 0.754. The van der Waals surface area contributed by atoms with Gasteiger partial charge in [-0.2, -0.15) is 15.3 Å². The largest absolute Gasteiger partial charge is 0.382 e. The number of morpholine rings is 1. The number of H-pyrrole nitrogens is 2. The SMILES string of the molecule is O=C1[C@@H](C(O)c2nc3ccc(-c4ccn[nH]4)cc3c(=O)[nH]2)OCCN1c1ccn(-c2ccnnc2)n1. The van der Waals surface area contributed by atoms with Crippen LogP contribution in [0.4, 0.5) is 5.82 Å². The molecule has 1 unspecified atom stereocenters. The Hall–Kier alpha value is -4.75. The summed E-state index contributed by atoms with van der Waals surface area (Å²) in [5.41, 5.74) is 2.14. The second kappa shape index (κ2) is 8.79. The van der Waals surface area contributed by atoms with Gasteiger partial charge in [0.2, 0.25) is 0 Å². The second-order valence-corrected chi connectivity index (χ2v) is 8.10. The molecule has 13 heteroatoms. The first-order chi connectivity index (χ1) is 17.6. The molecule has 5 heterocycles. The second-order valence-electron chi connectivity index (χ2n) is 8.10. The van der Waals surface area contributed by atoms with Crippen LogP contribution in [-0.2, 0) is 9.53 Å². The van der Waals surface area contributed by atoms with E-state index < -0.39 is 23.7 Å². The molecule has 36 heavy (non-hydrogen) atoms. The number of carbonyl (C=O) groups excluding carboxylic acids is 1. The lowest BCUT2D eigenvalue weighted by atomic mass is 10.1. The quantitative estimate of drug-likeness (QED) is 0.325. The Kier molecular flexibility index (Phi) is 5.32. The fourth-order valence-electron chi connectivity index (χ4n) is 4.11. The van der Waals surface area contributed by atoms with Crippen molar-refractivity contribution in [3.63, 3.8) is 0 Å². The van der Waals surface area contributed by atoms with Crippen LogP contribution in [0.5, 0.6) is 0 Å². The van der Waals surface area contributed by atoms with E-state index >= 15 is 0 Å². The maximum absolute atomic E-state index is 13.3. The minimum absolute atomic E-state index is 0.0598. The van der Waals surface area contributed by atoms with E-state index in [9.17, 15) is 14.7 Å². The molecule has 1 aliphatic heterocycles. The number of hydrogen-bond acceptors (Lipinski definition) is 9. The molecule has 4 aromatic heterocycles. The highest BCUT2D eigenvalue weighted by atomic mass is 16.5. The van der Waals surface area contributed by atoms with Crippen LogP contribution in [-0.4, -0.2) is 70.4 Å². The molecular weight excluding hydrogens is 466 g/mol. The zero-order chi connectivity index (χ0) is 24.6. The van der Waals surface area contributed by atoms with Gasteiger partial charge in [0.25, 0.3) is 11.5 Å². The molecule has 0 spiro atoms. The van der Waals surface area contributed by atoms with Gasteiger partial charge in [0.1, 0.15) is 11.9 Å². The number of aliphatic hydroxyl groups excluding tert-OH is 1. The van der Waals surface area contributed by atoms with E-state index in [2.05, 4.69) is 35.5 Å². The first kappa shape index (κ1) is 21.8. The van der Waals surface area contributed by atoms with E-state index in [0.29, 0.717) is 22.4 Å². The molecule has 13 nitrogen and oxygen atoms in total. The Balaban J connectivity index is 1.27. The minimum atomic E-state index is -1.49. The summed E-state index contributed by atoms with van der Waals surface area (Å²) >= 11 is 0. The lowest BCUT2D eigenvalue weighted by Crippen LogP contribution is -2.50. The Morgan fingerprint density at radius 3 is 2.83 bits per heavy atom. The molecule has 1 aromatic carbocycles. The molecule has 0 aliphatic carbocycles. The third kappa shape index (κ3) is 3.81. The van der Waals surface area contributed by atoms with Crippen molar-refractivity contribution in [3.05, 3.63) is 77.4 Å². The Morgan fingerprint density at radius 1 is 1.11 bits per heavy atom. The molecule has 180 valence electrons. The highest BCUT2D eigenvalue weighted by Gasteiger charge is 2.38. The van der Waals surface area contributed by atoms with Gasteiger partial charge in [-0.3, -0.25) is 19.6 Å². The number of ether oxygens (including phenoxy) is 1. The van der Waals surface area contributed by atoms with Crippen LogP contribution in [0, 0.1) is 0 Å². The number of nitrogens with one attached hydrogen (secondary N) is 2. The van der Waals surface area contributed by atoms with E-state index in [0.717, 1.165) is 11.3 Å². The number of aliphatic hydroxyl groups is 1. The van der Waals surface area contributed by atoms with Gasteiger partial charge in [0.15, 0.2) is 11.9 Å². The van der Waals surface area contributed by atoms with Crippen LogP contribution >= 0.6 is 0 Å². The number of benzene rings is 1. The van der Waals surface area contributed by atoms with Crippen LogP contribution < -0.4 is 10.5 Å². The van der Waals surface area contributed by atoms with Gasteiger partial charge in [-0.05, 0) is 24.3 Å². The highest BCUT2D eigenvalue weighted by molar-refractivity contribution is 5.97. The topological polar surface area (TPSA) is 168 Å². The van der Waals surface area contributed by atoms with Crippen molar-refractivity contribution in [2.45, 2.75) is 12.2 Å². The average Bonchev–Trinajstić information content (AvgIpc) is 3.62. The molecule has 6 rings (SSSR count). The lowest BCUT2D eigenvalue weighted by molar-refractivity contribution is -0.143. The zero-order valence-electron chi connectivity index (χ0n) is 18.6. The van der Waals surface area contributed by atoms with Crippen LogP contribution in [0.25, 0.3) is 27.8 Å². The van der Waals surface area contributed by atoms with Crippen molar-refractivity contribution in [1.82, 2.24) is 40.1 Å². The molecule has 1 saturated heterocycles. The maximum Gasteiger partial charge on any atom is 0.260 e. The third-order valence-corrected chi connectivity index (χ3v) is 5.91. The molecular formula is C23H19N9O4. The standard InChI is InChI=1S/C23H19N9O4/c33-19(21-27-17-2-1-13(16-4-7-25-29-16)11-15(17)22(34)28-21)20-23(35)31(9-10-36-20)18-5-8-32(30-18)14-3-6-24-26-12-14/h1-8,11-12,19-20,33H,9-10H2,(H,25,29)(H,27,28,34)/t19?,20-/m1/s1. The third-order valence-electron chi connectivity index (χ3n) is 5.91. The molecule has 1 aliphatic rings. The van der Waals surface area contributed by atoms with Crippen LogP contribution in [0.2, 0.25) is 0 Å². The number of rotatable bonds is 5. The van der Waals surface area contributed by atoms with E-state index in [1.54, 1.807) is 65.9 Å². The lowest BCUT2D eigenvalue weighted by Gasteiger charge is -2.32. The number of anilines is 1. The fraction of sp³-hybridized carbons (Fsp3) is 0.174. The summed E-state index contributed by atoms with van der Waals surface area (Å²) in [6.45, 7) is 0.425. The van der Waals surface area contributed by atoms with E-state index in [-0.39, 0.29) is 19.0 Å². The molecule has 1 fully saturated rings. The summed E-state index contributed by atoms with van der Waals surface area (Å²) in [4.78, 5) is 34.5. The van der Waals surface area contributed by atoms with Crippen LogP contribution in [0.15, 0.2) is 66.0 Å². The van der Waals surface area contributed by atoms with Gasteiger partial charge in [0, 0.05) is 24.0 Å². The molecule has 5 aromatic rings. The normalized spacial score (nSPS) is 17.0. The van der Waals surface area contributed by atoms with Crippen molar-refractivity contribution in [2.75, 3.05) is 18.1 Å². The smallest absolute Gasteiger partial charge is 0.260 e. The monoisotopic (exact) mass is 485 g/mol. The van der Waals surface area contributed by atoms with Crippen LogP contribution in [0.1, 0.15) is 11.9 Å². The number of carbonyl (C=O) groups is 1. The van der Waals surface area contributed by atoms with Gasteiger partial charge >= 0.3 is 0 Å². The zero-order valence-corrected chi connectivity index (χ0v) is 18.6. The summed E-state index contributed by atoms with van der Waals surface area (Å²) in [6.07, 6.45) is 3.64.